The largest absolute Gasteiger partial charge is 0.462 e. The molecule has 0 radical (unpaired) electrons. The second-order valence-corrected chi connectivity index (χ2v) is 4.69. The van der Waals surface area contributed by atoms with E-state index < -0.39 is 11.9 Å². The first-order valence-electron chi connectivity index (χ1n) is 7.41. The highest BCUT2D eigenvalue weighted by atomic mass is 16.5. The standard InChI is InChI=1S/C16H22N2O4/c1-3-5-10-17-14(19)11-15(20)18-13-9-7-6-8-12(13)16(21)22-4-2/h6-9H,3-5,10-11H2,1-2H3,(H,17,19)(H,18,20). The Kier molecular flexibility index (Phi) is 7.67. The molecule has 0 saturated carbocycles. The van der Waals surface area contributed by atoms with Crippen molar-refractivity contribution in [3.05, 3.63) is 29.8 Å². The molecule has 0 unspecified atom stereocenters. The molecule has 0 atom stereocenters. The number of para-hydroxylation sites is 1. The summed E-state index contributed by atoms with van der Waals surface area (Å²) in [6.07, 6.45) is 1.57. The van der Waals surface area contributed by atoms with E-state index >= 15 is 0 Å². The van der Waals surface area contributed by atoms with Gasteiger partial charge in [-0.15, -0.1) is 0 Å². The molecule has 0 aromatic heterocycles. The van der Waals surface area contributed by atoms with Gasteiger partial charge in [0.25, 0.3) is 0 Å². The predicted octanol–water partition coefficient (Wildman–Crippen LogP) is 2.11. The molecule has 22 heavy (non-hydrogen) atoms. The smallest absolute Gasteiger partial charge is 0.340 e. The van der Waals surface area contributed by atoms with Gasteiger partial charge in [0.15, 0.2) is 0 Å². The monoisotopic (exact) mass is 306 g/mol. The summed E-state index contributed by atoms with van der Waals surface area (Å²) in [5, 5.41) is 5.24. The Morgan fingerprint density at radius 3 is 2.50 bits per heavy atom. The summed E-state index contributed by atoms with van der Waals surface area (Å²) in [7, 11) is 0. The summed E-state index contributed by atoms with van der Waals surface area (Å²) in [6, 6.07) is 6.53. The zero-order chi connectivity index (χ0) is 16.4. The van der Waals surface area contributed by atoms with Gasteiger partial charge >= 0.3 is 5.97 Å². The van der Waals surface area contributed by atoms with Gasteiger partial charge in [-0.25, -0.2) is 4.79 Å². The van der Waals surface area contributed by atoms with Crippen LogP contribution in [0.15, 0.2) is 24.3 Å². The highest BCUT2D eigenvalue weighted by molar-refractivity contribution is 6.06. The molecule has 0 spiro atoms. The van der Waals surface area contributed by atoms with E-state index in [9.17, 15) is 14.4 Å². The van der Waals surface area contributed by atoms with Crippen molar-refractivity contribution in [1.29, 1.82) is 0 Å². The van der Waals surface area contributed by atoms with Crippen molar-refractivity contribution in [3.8, 4) is 0 Å². The fourth-order valence-electron chi connectivity index (χ4n) is 1.79. The van der Waals surface area contributed by atoms with Crippen LogP contribution in [0.25, 0.3) is 0 Å². The summed E-state index contributed by atoms with van der Waals surface area (Å²) in [5.74, 6) is -1.31. The first kappa shape index (κ1) is 17.7. The molecule has 0 fully saturated rings. The Morgan fingerprint density at radius 2 is 1.82 bits per heavy atom. The molecule has 1 rings (SSSR count). The molecule has 2 amide bonds. The molecule has 120 valence electrons. The molecule has 1 aromatic carbocycles. The maximum absolute atomic E-state index is 11.9. The van der Waals surface area contributed by atoms with Gasteiger partial charge in [0, 0.05) is 6.54 Å². The van der Waals surface area contributed by atoms with Crippen LogP contribution >= 0.6 is 0 Å². The molecule has 6 heteroatoms. The lowest BCUT2D eigenvalue weighted by Gasteiger charge is -2.10. The zero-order valence-electron chi connectivity index (χ0n) is 13.0. The third-order valence-corrected chi connectivity index (χ3v) is 2.87. The van der Waals surface area contributed by atoms with Crippen molar-refractivity contribution in [1.82, 2.24) is 5.32 Å². The van der Waals surface area contributed by atoms with E-state index in [1.165, 1.54) is 0 Å². The summed E-state index contributed by atoms with van der Waals surface area (Å²) in [6.45, 7) is 4.54. The molecule has 0 aliphatic carbocycles. The topological polar surface area (TPSA) is 84.5 Å². The third-order valence-electron chi connectivity index (χ3n) is 2.87. The lowest BCUT2D eigenvalue weighted by molar-refractivity contribution is -0.126. The Hall–Kier alpha value is -2.37. The molecular formula is C16H22N2O4. The van der Waals surface area contributed by atoms with Gasteiger partial charge in [-0.1, -0.05) is 25.5 Å². The second-order valence-electron chi connectivity index (χ2n) is 4.69. The molecule has 0 aliphatic rings. The van der Waals surface area contributed by atoms with Gasteiger partial charge in [0.2, 0.25) is 11.8 Å². The van der Waals surface area contributed by atoms with Gasteiger partial charge in [-0.3, -0.25) is 9.59 Å². The van der Waals surface area contributed by atoms with Crippen LogP contribution in [0.1, 0.15) is 43.5 Å². The number of carbonyl (C=O) groups excluding carboxylic acids is 3. The minimum Gasteiger partial charge on any atom is -0.462 e. The van der Waals surface area contributed by atoms with Crippen LogP contribution < -0.4 is 10.6 Å². The van der Waals surface area contributed by atoms with E-state index in [1.54, 1.807) is 31.2 Å². The minimum absolute atomic E-state index is 0.251. The number of rotatable bonds is 8. The number of nitrogens with one attached hydrogen (secondary N) is 2. The maximum Gasteiger partial charge on any atom is 0.340 e. The summed E-state index contributed by atoms with van der Waals surface area (Å²) in [5.41, 5.74) is 0.608. The van der Waals surface area contributed by atoms with Gasteiger partial charge < -0.3 is 15.4 Å². The van der Waals surface area contributed by atoms with Gasteiger partial charge in [-0.2, -0.15) is 0 Å². The highest BCUT2D eigenvalue weighted by Crippen LogP contribution is 2.16. The summed E-state index contributed by atoms with van der Waals surface area (Å²) in [4.78, 5) is 35.2. The van der Waals surface area contributed by atoms with Crippen LogP contribution in [0, 0.1) is 0 Å². The number of ether oxygens (including phenoxy) is 1. The van der Waals surface area contributed by atoms with Crippen molar-refractivity contribution >= 4 is 23.5 Å². The number of amides is 2. The molecule has 0 bridgehead atoms. The molecule has 2 N–H and O–H groups in total. The number of esters is 1. The van der Waals surface area contributed by atoms with Crippen molar-refractivity contribution in [2.45, 2.75) is 33.1 Å². The lowest BCUT2D eigenvalue weighted by atomic mass is 10.1. The molecule has 6 nitrogen and oxygen atoms in total. The predicted molar refractivity (Wildman–Crippen MR) is 83.6 cm³/mol. The Bertz CT molecular complexity index is 529. The molecular weight excluding hydrogens is 284 g/mol. The molecule has 0 aliphatic heterocycles. The number of benzene rings is 1. The second kappa shape index (κ2) is 9.55. The fraction of sp³-hybridized carbons (Fsp3) is 0.438. The molecule has 1 aromatic rings. The van der Waals surface area contributed by atoms with Crippen LogP contribution in [-0.4, -0.2) is 30.9 Å². The maximum atomic E-state index is 11.9. The van der Waals surface area contributed by atoms with E-state index in [-0.39, 0.29) is 24.5 Å². The average Bonchev–Trinajstić information content (AvgIpc) is 2.48. The van der Waals surface area contributed by atoms with Crippen molar-refractivity contribution < 1.29 is 19.1 Å². The highest BCUT2D eigenvalue weighted by Gasteiger charge is 2.15. The van der Waals surface area contributed by atoms with Gasteiger partial charge in [0.05, 0.1) is 17.9 Å². The Morgan fingerprint density at radius 1 is 1.09 bits per heavy atom. The van der Waals surface area contributed by atoms with E-state index in [0.29, 0.717) is 12.2 Å². The molecule has 0 saturated heterocycles. The van der Waals surface area contributed by atoms with Crippen LogP contribution in [0.4, 0.5) is 5.69 Å². The van der Waals surface area contributed by atoms with Crippen LogP contribution in [0.3, 0.4) is 0 Å². The van der Waals surface area contributed by atoms with Crippen LogP contribution in [0.2, 0.25) is 0 Å². The first-order valence-corrected chi connectivity index (χ1v) is 7.41. The number of hydrogen-bond acceptors (Lipinski definition) is 4. The quantitative estimate of drug-likeness (QED) is 0.437. The average molecular weight is 306 g/mol. The fourth-order valence-corrected chi connectivity index (χ4v) is 1.79. The number of carbonyl (C=O) groups is 3. The first-order chi connectivity index (χ1) is 10.6. The summed E-state index contributed by atoms with van der Waals surface area (Å²) < 4.78 is 4.93. The SMILES string of the molecule is CCCCNC(=O)CC(=O)Nc1ccccc1C(=O)OCC. The van der Waals surface area contributed by atoms with Gasteiger partial charge in [-0.05, 0) is 25.5 Å². The van der Waals surface area contributed by atoms with E-state index in [0.717, 1.165) is 12.8 Å². The lowest BCUT2D eigenvalue weighted by Crippen LogP contribution is -2.29. The van der Waals surface area contributed by atoms with E-state index in [2.05, 4.69) is 10.6 Å². The number of anilines is 1. The number of unbranched alkanes of at least 4 members (excludes halogenated alkanes) is 1. The van der Waals surface area contributed by atoms with Crippen LogP contribution in [-0.2, 0) is 14.3 Å². The summed E-state index contributed by atoms with van der Waals surface area (Å²) >= 11 is 0. The minimum atomic E-state index is -0.509. The zero-order valence-corrected chi connectivity index (χ0v) is 13.0. The number of hydrogen-bond donors (Lipinski definition) is 2. The van der Waals surface area contributed by atoms with Crippen molar-refractivity contribution in [2.75, 3.05) is 18.5 Å². The normalized spacial score (nSPS) is 9.91. The van der Waals surface area contributed by atoms with E-state index in [4.69, 9.17) is 4.74 Å². The Balaban J connectivity index is 2.61. The van der Waals surface area contributed by atoms with Crippen molar-refractivity contribution in [3.63, 3.8) is 0 Å². The molecule has 0 heterocycles. The van der Waals surface area contributed by atoms with E-state index in [1.807, 2.05) is 6.92 Å². The third kappa shape index (κ3) is 5.95. The van der Waals surface area contributed by atoms with Crippen LogP contribution in [0.5, 0.6) is 0 Å². The van der Waals surface area contributed by atoms with Gasteiger partial charge in [0.1, 0.15) is 6.42 Å². The Labute approximate surface area is 130 Å². The van der Waals surface area contributed by atoms with Crippen molar-refractivity contribution in [2.24, 2.45) is 0 Å².